The Morgan fingerprint density at radius 3 is 3.00 bits per heavy atom. The number of β-amino-alcohol motifs (C(OH)–C–C–N with tert-alkyl or cyclic N) is 1. The van der Waals surface area contributed by atoms with E-state index in [0.29, 0.717) is 13.1 Å². The van der Waals surface area contributed by atoms with Crippen LogP contribution in [0.1, 0.15) is 12.8 Å². The molecule has 1 N–H and O–H groups in total. The summed E-state index contributed by atoms with van der Waals surface area (Å²) in [6, 6.07) is 3.93. The zero-order chi connectivity index (χ0) is 14.0. The van der Waals surface area contributed by atoms with Crippen LogP contribution in [0.3, 0.4) is 0 Å². The molecule has 1 unspecified atom stereocenters. The second kappa shape index (κ2) is 5.49. The summed E-state index contributed by atoms with van der Waals surface area (Å²) in [6.45, 7) is 1.93. The van der Waals surface area contributed by atoms with Crippen LogP contribution in [0.5, 0.6) is 0 Å². The Labute approximate surface area is 125 Å². The quantitative estimate of drug-likeness (QED) is 0.918. The van der Waals surface area contributed by atoms with Gasteiger partial charge >= 0.3 is 0 Å². The highest BCUT2D eigenvalue weighted by molar-refractivity contribution is 9.10. The van der Waals surface area contributed by atoms with Crippen molar-refractivity contribution in [1.82, 2.24) is 20.0 Å². The third-order valence-electron chi connectivity index (χ3n) is 3.52. The van der Waals surface area contributed by atoms with Gasteiger partial charge in [0.25, 0.3) is 0 Å². The second-order valence-electron chi connectivity index (χ2n) is 5.18. The molecule has 20 heavy (non-hydrogen) atoms. The van der Waals surface area contributed by atoms with Crippen molar-refractivity contribution < 1.29 is 5.11 Å². The first-order valence-corrected chi connectivity index (χ1v) is 7.37. The van der Waals surface area contributed by atoms with Crippen LogP contribution in [0, 0.1) is 0 Å². The lowest BCUT2D eigenvalue weighted by atomic mass is 9.93. The summed E-state index contributed by atoms with van der Waals surface area (Å²) in [5.41, 5.74) is -0.791. The number of aromatic nitrogens is 4. The lowest BCUT2D eigenvalue weighted by molar-refractivity contribution is 0.00585. The minimum Gasteiger partial charge on any atom is -0.386 e. The number of nitrogens with zero attached hydrogens (tertiary/aromatic N) is 5. The van der Waals surface area contributed by atoms with Crippen LogP contribution < -0.4 is 4.90 Å². The van der Waals surface area contributed by atoms with Gasteiger partial charge in [-0.05, 0) is 40.9 Å². The fourth-order valence-corrected chi connectivity index (χ4v) is 2.85. The molecule has 3 heterocycles. The third-order valence-corrected chi connectivity index (χ3v) is 3.99. The molecule has 106 valence electrons. The van der Waals surface area contributed by atoms with Gasteiger partial charge in [0.15, 0.2) is 0 Å². The molecule has 1 aliphatic rings. The fourth-order valence-electron chi connectivity index (χ4n) is 2.61. The average Bonchev–Trinajstić information content (AvgIpc) is 2.91. The maximum absolute atomic E-state index is 10.8. The van der Waals surface area contributed by atoms with E-state index in [4.69, 9.17) is 0 Å². The third kappa shape index (κ3) is 2.99. The highest BCUT2D eigenvalue weighted by Crippen LogP contribution is 2.26. The maximum atomic E-state index is 10.8. The lowest BCUT2D eigenvalue weighted by Gasteiger charge is -2.39. The standard InChI is InChI=1S/C13H16BrN5O/c14-11-2-3-12(15-8-11)18-6-1-4-13(20,9-18)10-19-7-5-16-17-19/h2-3,5,7-8,20H,1,4,6,9-10H2. The monoisotopic (exact) mass is 337 g/mol. The number of anilines is 1. The van der Waals surface area contributed by atoms with Gasteiger partial charge in [-0.15, -0.1) is 5.10 Å². The van der Waals surface area contributed by atoms with Gasteiger partial charge in [-0.25, -0.2) is 9.67 Å². The molecule has 0 aliphatic carbocycles. The molecule has 1 aliphatic heterocycles. The van der Waals surface area contributed by atoms with Gasteiger partial charge in [-0.3, -0.25) is 0 Å². The smallest absolute Gasteiger partial charge is 0.128 e. The van der Waals surface area contributed by atoms with E-state index >= 15 is 0 Å². The Hall–Kier alpha value is -1.47. The van der Waals surface area contributed by atoms with Gasteiger partial charge in [-0.1, -0.05) is 5.21 Å². The van der Waals surface area contributed by atoms with E-state index in [1.54, 1.807) is 23.3 Å². The largest absolute Gasteiger partial charge is 0.386 e. The highest BCUT2D eigenvalue weighted by Gasteiger charge is 2.34. The Bertz CT molecular complexity index is 559. The molecule has 0 bridgehead atoms. The number of hydrogen-bond acceptors (Lipinski definition) is 5. The molecule has 1 fully saturated rings. The van der Waals surface area contributed by atoms with E-state index in [-0.39, 0.29) is 0 Å². The Morgan fingerprint density at radius 1 is 1.40 bits per heavy atom. The number of hydrogen-bond donors (Lipinski definition) is 1. The normalized spacial score (nSPS) is 23.0. The molecule has 0 spiro atoms. The number of aliphatic hydroxyl groups is 1. The SMILES string of the molecule is OC1(Cn2ccnn2)CCCN(c2ccc(Br)cn2)C1. The van der Waals surface area contributed by atoms with Gasteiger partial charge in [0.2, 0.25) is 0 Å². The first-order chi connectivity index (χ1) is 9.65. The van der Waals surface area contributed by atoms with E-state index < -0.39 is 5.60 Å². The lowest BCUT2D eigenvalue weighted by Crippen LogP contribution is -2.51. The fraction of sp³-hybridized carbons (Fsp3) is 0.462. The van der Waals surface area contributed by atoms with E-state index in [1.165, 1.54) is 0 Å². The molecule has 0 saturated carbocycles. The van der Waals surface area contributed by atoms with Gasteiger partial charge < -0.3 is 10.0 Å². The maximum Gasteiger partial charge on any atom is 0.128 e. The summed E-state index contributed by atoms with van der Waals surface area (Å²) in [7, 11) is 0. The molecule has 0 amide bonds. The van der Waals surface area contributed by atoms with E-state index in [9.17, 15) is 5.11 Å². The Kier molecular flexibility index (Phi) is 3.71. The van der Waals surface area contributed by atoms with Gasteiger partial charge in [0.05, 0.1) is 12.7 Å². The molecular weight excluding hydrogens is 322 g/mol. The summed E-state index contributed by atoms with van der Waals surface area (Å²) in [4.78, 5) is 6.52. The number of pyridine rings is 1. The van der Waals surface area contributed by atoms with Gasteiger partial charge in [0, 0.05) is 30.0 Å². The topological polar surface area (TPSA) is 67.1 Å². The summed E-state index contributed by atoms with van der Waals surface area (Å²) < 4.78 is 2.63. The zero-order valence-electron chi connectivity index (χ0n) is 11.0. The van der Waals surface area contributed by atoms with Crippen molar-refractivity contribution in [2.45, 2.75) is 25.0 Å². The second-order valence-corrected chi connectivity index (χ2v) is 6.10. The summed E-state index contributed by atoms with van der Waals surface area (Å²) in [5.74, 6) is 0.893. The van der Waals surface area contributed by atoms with Crippen molar-refractivity contribution in [3.63, 3.8) is 0 Å². The summed E-state index contributed by atoms with van der Waals surface area (Å²) >= 11 is 3.38. The molecule has 2 aromatic heterocycles. The van der Waals surface area contributed by atoms with Crippen LogP contribution >= 0.6 is 15.9 Å². The van der Waals surface area contributed by atoms with Crippen molar-refractivity contribution in [3.05, 3.63) is 35.2 Å². The minimum atomic E-state index is -0.791. The first kappa shape index (κ1) is 13.5. The number of halogens is 1. The Balaban J connectivity index is 1.74. The van der Waals surface area contributed by atoms with Crippen LogP contribution in [0.25, 0.3) is 0 Å². The van der Waals surface area contributed by atoms with Crippen LogP contribution in [0.4, 0.5) is 5.82 Å². The first-order valence-electron chi connectivity index (χ1n) is 6.58. The number of rotatable bonds is 3. The van der Waals surface area contributed by atoms with E-state index in [1.807, 2.05) is 12.1 Å². The Morgan fingerprint density at radius 2 is 2.30 bits per heavy atom. The van der Waals surface area contributed by atoms with Crippen molar-refractivity contribution in [2.75, 3.05) is 18.0 Å². The van der Waals surface area contributed by atoms with Gasteiger partial charge in [0.1, 0.15) is 11.4 Å². The molecule has 0 aromatic carbocycles. The molecule has 2 aromatic rings. The summed E-state index contributed by atoms with van der Waals surface area (Å²) in [6.07, 6.45) is 6.87. The van der Waals surface area contributed by atoms with Crippen molar-refractivity contribution in [2.24, 2.45) is 0 Å². The van der Waals surface area contributed by atoms with Gasteiger partial charge in [-0.2, -0.15) is 0 Å². The van der Waals surface area contributed by atoms with Crippen LogP contribution in [0.2, 0.25) is 0 Å². The van der Waals surface area contributed by atoms with Crippen LogP contribution in [-0.4, -0.2) is 43.8 Å². The minimum absolute atomic E-state index is 0.458. The van der Waals surface area contributed by atoms with Crippen molar-refractivity contribution in [1.29, 1.82) is 0 Å². The summed E-state index contributed by atoms with van der Waals surface area (Å²) in [5, 5.41) is 18.5. The van der Waals surface area contributed by atoms with Crippen molar-refractivity contribution in [3.8, 4) is 0 Å². The predicted octanol–water partition coefficient (Wildman–Crippen LogP) is 1.47. The molecule has 1 atom stereocenters. The molecule has 3 rings (SSSR count). The molecule has 6 nitrogen and oxygen atoms in total. The molecule has 1 saturated heterocycles. The highest BCUT2D eigenvalue weighted by atomic mass is 79.9. The van der Waals surface area contributed by atoms with Crippen LogP contribution in [0.15, 0.2) is 35.2 Å². The average molecular weight is 338 g/mol. The predicted molar refractivity (Wildman–Crippen MR) is 78.4 cm³/mol. The zero-order valence-corrected chi connectivity index (χ0v) is 12.6. The van der Waals surface area contributed by atoms with E-state index in [2.05, 4.69) is 36.1 Å². The molecule has 0 radical (unpaired) electrons. The van der Waals surface area contributed by atoms with Crippen molar-refractivity contribution >= 4 is 21.7 Å². The van der Waals surface area contributed by atoms with E-state index in [0.717, 1.165) is 29.7 Å². The molecule has 7 heteroatoms. The van der Waals surface area contributed by atoms with Crippen LogP contribution in [-0.2, 0) is 6.54 Å². The number of piperidine rings is 1. The molecular formula is C13H16BrN5O.